The number of hydrogen-bond acceptors (Lipinski definition) is 2. The first-order valence-electron chi connectivity index (χ1n) is 6.32. The third kappa shape index (κ3) is 3.19. The molecular formula is C14H21NS. The van der Waals surface area contributed by atoms with Crippen molar-refractivity contribution in [1.82, 2.24) is 5.32 Å². The predicted octanol–water partition coefficient (Wildman–Crippen LogP) is 4.15. The second-order valence-electron chi connectivity index (χ2n) is 4.53. The fourth-order valence-electron chi connectivity index (χ4n) is 2.29. The van der Waals surface area contributed by atoms with Crippen molar-refractivity contribution in [3.8, 4) is 0 Å². The quantitative estimate of drug-likeness (QED) is 0.756. The van der Waals surface area contributed by atoms with Gasteiger partial charge in [0.25, 0.3) is 0 Å². The SMILES string of the molecule is CCC(NCC1CC=CCC1)c1cccs1. The molecule has 1 aliphatic rings. The average molecular weight is 235 g/mol. The van der Waals surface area contributed by atoms with Gasteiger partial charge >= 0.3 is 0 Å². The third-order valence-corrected chi connectivity index (χ3v) is 4.31. The first-order chi connectivity index (χ1) is 7.90. The molecule has 1 nitrogen and oxygen atoms in total. The van der Waals surface area contributed by atoms with Crippen molar-refractivity contribution < 1.29 is 0 Å². The second kappa shape index (κ2) is 6.21. The van der Waals surface area contributed by atoms with Crippen molar-refractivity contribution in [1.29, 1.82) is 0 Å². The molecule has 1 heterocycles. The van der Waals surface area contributed by atoms with Crippen LogP contribution in [0.2, 0.25) is 0 Å². The van der Waals surface area contributed by atoms with Gasteiger partial charge in [-0.1, -0.05) is 25.1 Å². The molecule has 0 saturated heterocycles. The summed E-state index contributed by atoms with van der Waals surface area (Å²) < 4.78 is 0. The Morgan fingerprint density at radius 3 is 3.06 bits per heavy atom. The zero-order chi connectivity index (χ0) is 11.2. The highest BCUT2D eigenvalue weighted by molar-refractivity contribution is 7.10. The summed E-state index contributed by atoms with van der Waals surface area (Å²) in [5.74, 6) is 0.846. The van der Waals surface area contributed by atoms with Gasteiger partial charge in [-0.3, -0.25) is 0 Å². The lowest BCUT2D eigenvalue weighted by atomic mass is 9.94. The zero-order valence-electron chi connectivity index (χ0n) is 9.99. The second-order valence-corrected chi connectivity index (χ2v) is 5.51. The van der Waals surface area contributed by atoms with E-state index in [0.29, 0.717) is 6.04 Å². The summed E-state index contributed by atoms with van der Waals surface area (Å²) >= 11 is 1.87. The minimum absolute atomic E-state index is 0.561. The maximum absolute atomic E-state index is 3.72. The molecule has 1 aliphatic carbocycles. The number of thiophene rings is 1. The standard InChI is InChI=1S/C14H21NS/c1-2-13(14-9-6-10-16-14)15-11-12-7-4-3-5-8-12/h3-4,6,9-10,12-13,15H,2,5,7-8,11H2,1H3. The van der Waals surface area contributed by atoms with Gasteiger partial charge in [-0.05, 0) is 49.6 Å². The van der Waals surface area contributed by atoms with Crippen LogP contribution in [0, 0.1) is 5.92 Å². The van der Waals surface area contributed by atoms with Crippen LogP contribution in [-0.4, -0.2) is 6.54 Å². The Morgan fingerprint density at radius 2 is 2.44 bits per heavy atom. The van der Waals surface area contributed by atoms with E-state index in [1.807, 2.05) is 11.3 Å². The Balaban J connectivity index is 1.81. The topological polar surface area (TPSA) is 12.0 Å². The van der Waals surface area contributed by atoms with Gasteiger partial charge in [0.15, 0.2) is 0 Å². The Labute approximate surface area is 103 Å². The molecule has 0 spiro atoms. The Hall–Kier alpha value is -0.600. The predicted molar refractivity (Wildman–Crippen MR) is 71.8 cm³/mol. The summed E-state index contributed by atoms with van der Waals surface area (Å²) in [6.45, 7) is 3.43. The zero-order valence-corrected chi connectivity index (χ0v) is 10.8. The van der Waals surface area contributed by atoms with Crippen LogP contribution in [0.3, 0.4) is 0 Å². The van der Waals surface area contributed by atoms with Crippen LogP contribution >= 0.6 is 11.3 Å². The van der Waals surface area contributed by atoms with E-state index in [1.54, 1.807) is 0 Å². The summed E-state index contributed by atoms with van der Waals surface area (Å²) in [4.78, 5) is 1.48. The molecule has 16 heavy (non-hydrogen) atoms. The van der Waals surface area contributed by atoms with Crippen LogP contribution in [0.25, 0.3) is 0 Å². The average Bonchev–Trinajstić information content (AvgIpc) is 2.85. The Kier molecular flexibility index (Phi) is 4.61. The van der Waals surface area contributed by atoms with Crippen LogP contribution in [0.4, 0.5) is 0 Å². The van der Waals surface area contributed by atoms with E-state index < -0.39 is 0 Å². The first-order valence-corrected chi connectivity index (χ1v) is 7.20. The molecule has 0 aliphatic heterocycles. The van der Waals surface area contributed by atoms with Crippen LogP contribution in [0.5, 0.6) is 0 Å². The minimum Gasteiger partial charge on any atom is -0.309 e. The van der Waals surface area contributed by atoms with Gasteiger partial charge < -0.3 is 5.32 Å². The maximum atomic E-state index is 3.72. The molecule has 1 aromatic heterocycles. The summed E-state index contributed by atoms with van der Waals surface area (Å²) in [6, 6.07) is 4.95. The third-order valence-electron chi connectivity index (χ3n) is 3.33. The van der Waals surface area contributed by atoms with Crippen LogP contribution in [0.15, 0.2) is 29.7 Å². The summed E-state index contributed by atoms with van der Waals surface area (Å²) in [7, 11) is 0. The lowest BCUT2D eigenvalue weighted by molar-refractivity contribution is 0.403. The van der Waals surface area contributed by atoms with Crippen molar-refractivity contribution in [2.24, 2.45) is 5.92 Å². The molecule has 2 rings (SSSR count). The molecule has 0 fully saturated rings. The van der Waals surface area contributed by atoms with Crippen molar-refractivity contribution in [2.45, 2.75) is 38.6 Å². The van der Waals surface area contributed by atoms with Crippen LogP contribution in [0.1, 0.15) is 43.5 Å². The molecular weight excluding hydrogens is 214 g/mol. The molecule has 0 amide bonds. The van der Waals surface area contributed by atoms with E-state index in [0.717, 1.165) is 5.92 Å². The van der Waals surface area contributed by atoms with E-state index >= 15 is 0 Å². The van der Waals surface area contributed by atoms with E-state index in [-0.39, 0.29) is 0 Å². The highest BCUT2D eigenvalue weighted by atomic mass is 32.1. The number of nitrogens with one attached hydrogen (secondary N) is 1. The van der Waals surface area contributed by atoms with Crippen molar-refractivity contribution in [3.63, 3.8) is 0 Å². The number of rotatable bonds is 5. The highest BCUT2D eigenvalue weighted by Gasteiger charge is 2.14. The monoisotopic (exact) mass is 235 g/mol. The molecule has 2 atom stereocenters. The lowest BCUT2D eigenvalue weighted by Gasteiger charge is -2.22. The summed E-state index contributed by atoms with van der Waals surface area (Å²) in [5, 5.41) is 5.89. The van der Waals surface area contributed by atoms with Crippen molar-refractivity contribution >= 4 is 11.3 Å². The molecule has 0 saturated carbocycles. The van der Waals surface area contributed by atoms with Crippen LogP contribution < -0.4 is 5.32 Å². The molecule has 2 unspecified atom stereocenters. The van der Waals surface area contributed by atoms with Crippen LogP contribution in [-0.2, 0) is 0 Å². The fraction of sp³-hybridized carbons (Fsp3) is 0.571. The van der Waals surface area contributed by atoms with Gasteiger partial charge in [0.2, 0.25) is 0 Å². The normalized spacial score (nSPS) is 22.2. The van der Waals surface area contributed by atoms with E-state index in [2.05, 4.69) is 41.9 Å². The molecule has 2 heteroatoms. The molecule has 0 bridgehead atoms. The van der Waals surface area contributed by atoms with E-state index in [9.17, 15) is 0 Å². The smallest absolute Gasteiger partial charge is 0.0412 e. The summed E-state index contributed by atoms with van der Waals surface area (Å²) in [5.41, 5.74) is 0. The van der Waals surface area contributed by atoms with E-state index in [1.165, 1.54) is 37.1 Å². The minimum atomic E-state index is 0.561. The van der Waals surface area contributed by atoms with Gasteiger partial charge in [-0.2, -0.15) is 0 Å². The van der Waals surface area contributed by atoms with Gasteiger partial charge in [0, 0.05) is 10.9 Å². The Morgan fingerprint density at radius 1 is 1.50 bits per heavy atom. The maximum Gasteiger partial charge on any atom is 0.0412 e. The molecule has 1 N–H and O–H groups in total. The van der Waals surface area contributed by atoms with E-state index in [4.69, 9.17) is 0 Å². The summed E-state index contributed by atoms with van der Waals surface area (Å²) in [6.07, 6.45) is 9.71. The number of hydrogen-bond donors (Lipinski definition) is 1. The molecule has 0 radical (unpaired) electrons. The molecule has 0 aromatic carbocycles. The van der Waals surface area contributed by atoms with Gasteiger partial charge in [0.05, 0.1) is 0 Å². The number of allylic oxidation sites excluding steroid dienone is 2. The van der Waals surface area contributed by atoms with Gasteiger partial charge in [-0.25, -0.2) is 0 Å². The largest absolute Gasteiger partial charge is 0.309 e. The highest BCUT2D eigenvalue weighted by Crippen LogP contribution is 2.23. The van der Waals surface area contributed by atoms with Gasteiger partial charge in [-0.15, -0.1) is 11.3 Å². The fourth-order valence-corrected chi connectivity index (χ4v) is 3.17. The first kappa shape index (κ1) is 11.9. The Bertz CT molecular complexity index is 315. The van der Waals surface area contributed by atoms with Crippen molar-refractivity contribution in [3.05, 3.63) is 34.5 Å². The molecule has 1 aromatic rings. The van der Waals surface area contributed by atoms with Crippen molar-refractivity contribution in [2.75, 3.05) is 6.54 Å². The van der Waals surface area contributed by atoms with Gasteiger partial charge in [0.1, 0.15) is 0 Å². The lowest BCUT2D eigenvalue weighted by Crippen LogP contribution is -2.27. The molecule has 88 valence electrons.